The van der Waals surface area contributed by atoms with Gasteiger partial charge in [-0.15, -0.1) is 0 Å². The van der Waals surface area contributed by atoms with Gasteiger partial charge in [-0.2, -0.15) is 0 Å². The van der Waals surface area contributed by atoms with Gasteiger partial charge in [-0.3, -0.25) is 4.79 Å². The summed E-state index contributed by atoms with van der Waals surface area (Å²) in [4.78, 5) is 28.9. The van der Waals surface area contributed by atoms with Gasteiger partial charge in [-0.25, -0.2) is 4.79 Å². The van der Waals surface area contributed by atoms with E-state index in [1.165, 1.54) is 0 Å². The number of anilines is 1. The van der Waals surface area contributed by atoms with E-state index in [1.54, 1.807) is 7.11 Å². The number of amides is 1. The minimum atomic E-state index is -0.215. The zero-order valence-electron chi connectivity index (χ0n) is 20.7. The third kappa shape index (κ3) is 5.12. The Hall–Kier alpha value is -2.86. The second-order valence-corrected chi connectivity index (χ2v) is 9.79. The molecule has 34 heavy (non-hydrogen) atoms. The van der Waals surface area contributed by atoms with Crippen molar-refractivity contribution in [3.8, 4) is 5.75 Å². The van der Waals surface area contributed by atoms with Crippen LogP contribution in [0.1, 0.15) is 48.8 Å². The van der Waals surface area contributed by atoms with Crippen LogP contribution in [0.2, 0.25) is 0 Å². The highest BCUT2D eigenvalue weighted by Gasteiger charge is 2.48. The molecule has 0 aliphatic carbocycles. The number of rotatable bonds is 7. The molecule has 6 heteroatoms. The Bertz CT molecular complexity index is 991. The monoisotopic (exact) mass is 465 g/mol. The predicted octanol–water partition coefficient (Wildman–Crippen LogP) is 4.55. The second kappa shape index (κ2) is 10.6. The molecule has 0 spiro atoms. The van der Waals surface area contributed by atoms with Gasteiger partial charge < -0.3 is 18.9 Å². The number of aryl methyl sites for hydroxylation is 2. The quantitative estimate of drug-likeness (QED) is 0.445. The molecule has 2 aliphatic rings. The molecule has 0 saturated carbocycles. The molecule has 1 atom stereocenters. The lowest BCUT2D eigenvalue weighted by Gasteiger charge is -2.48. The predicted molar refractivity (Wildman–Crippen MR) is 133 cm³/mol. The molecule has 2 aliphatic heterocycles. The number of methoxy groups -OCH3 is 1. The van der Waals surface area contributed by atoms with E-state index in [0.717, 1.165) is 73.3 Å². The maximum absolute atomic E-state index is 14.0. The number of benzene rings is 2. The molecule has 4 rings (SSSR count). The minimum absolute atomic E-state index is 0.139. The Morgan fingerprint density at radius 1 is 1.03 bits per heavy atom. The van der Waals surface area contributed by atoms with E-state index in [9.17, 15) is 9.59 Å². The summed E-state index contributed by atoms with van der Waals surface area (Å²) in [6.45, 7) is 7.02. The van der Waals surface area contributed by atoms with Crippen LogP contribution in [0, 0.1) is 13.8 Å². The molecule has 2 aromatic rings. The fraction of sp³-hybridized carbons (Fsp3) is 0.500. The molecule has 0 N–H and O–H groups in total. The highest BCUT2D eigenvalue weighted by Crippen LogP contribution is 2.35. The summed E-state index contributed by atoms with van der Waals surface area (Å²) in [6.07, 6.45) is 4.98. The second-order valence-electron chi connectivity index (χ2n) is 9.79. The number of hydrogen-bond acceptors (Lipinski definition) is 4. The number of carbonyl (C=O) groups excluding carboxylic acids is 2. The van der Waals surface area contributed by atoms with Gasteiger partial charge >= 0.3 is 5.97 Å². The van der Waals surface area contributed by atoms with Gasteiger partial charge in [0.15, 0.2) is 12.6 Å². The molecule has 0 aromatic heterocycles. The van der Waals surface area contributed by atoms with Crippen molar-refractivity contribution in [3.63, 3.8) is 0 Å². The van der Waals surface area contributed by atoms with Crippen LogP contribution in [-0.4, -0.2) is 55.7 Å². The first kappa shape index (κ1) is 24.3. The SMILES string of the molecule is COc1cc(C)c(N2CCCC([N+]3(CC(=O)OCc4ccccc4)CCCCC3)C2=O)c(C)c1. The fourth-order valence-electron chi connectivity index (χ4n) is 5.81. The summed E-state index contributed by atoms with van der Waals surface area (Å²) in [5.41, 5.74) is 4.04. The van der Waals surface area contributed by atoms with E-state index < -0.39 is 0 Å². The molecule has 182 valence electrons. The van der Waals surface area contributed by atoms with Crippen molar-refractivity contribution in [1.82, 2.24) is 0 Å². The van der Waals surface area contributed by atoms with Gasteiger partial charge in [0, 0.05) is 18.7 Å². The number of piperidine rings is 2. The summed E-state index contributed by atoms with van der Waals surface area (Å²) >= 11 is 0. The molecular weight excluding hydrogens is 428 g/mol. The molecule has 0 bridgehead atoms. The Morgan fingerprint density at radius 2 is 1.71 bits per heavy atom. The Labute approximate surface area is 203 Å². The summed E-state index contributed by atoms with van der Waals surface area (Å²) < 4.78 is 11.6. The van der Waals surface area contributed by atoms with Crippen LogP contribution >= 0.6 is 0 Å². The van der Waals surface area contributed by atoms with Gasteiger partial charge in [-0.05, 0) is 68.4 Å². The van der Waals surface area contributed by atoms with Crippen LogP contribution < -0.4 is 9.64 Å². The van der Waals surface area contributed by atoms with E-state index in [1.807, 2.05) is 61.2 Å². The topological polar surface area (TPSA) is 55.8 Å². The summed E-state index contributed by atoms with van der Waals surface area (Å²) in [6, 6.07) is 13.5. The van der Waals surface area contributed by atoms with E-state index in [2.05, 4.69) is 0 Å². The maximum atomic E-state index is 14.0. The van der Waals surface area contributed by atoms with Crippen molar-refractivity contribution in [1.29, 1.82) is 0 Å². The minimum Gasteiger partial charge on any atom is -0.497 e. The highest BCUT2D eigenvalue weighted by atomic mass is 16.5. The molecule has 0 radical (unpaired) electrons. The van der Waals surface area contributed by atoms with Crippen molar-refractivity contribution in [2.45, 2.75) is 58.6 Å². The average molecular weight is 466 g/mol. The van der Waals surface area contributed by atoms with Gasteiger partial charge in [0.25, 0.3) is 5.91 Å². The van der Waals surface area contributed by atoms with E-state index in [0.29, 0.717) is 11.0 Å². The smallest absolute Gasteiger partial charge is 0.362 e. The van der Waals surface area contributed by atoms with Crippen molar-refractivity contribution < 1.29 is 23.5 Å². The molecule has 2 heterocycles. The van der Waals surface area contributed by atoms with Crippen molar-refractivity contribution in [2.75, 3.05) is 38.2 Å². The standard InChI is InChI=1S/C28H37N2O4/c1-21-17-24(33-3)18-22(2)27(21)29-14-10-13-25(28(29)32)30(15-8-5-9-16-30)19-26(31)34-20-23-11-6-4-7-12-23/h4,6-7,11-12,17-18,25H,5,8-10,13-16,19-20H2,1-3H3/q+1. The van der Waals surface area contributed by atoms with Crippen molar-refractivity contribution in [3.05, 3.63) is 59.2 Å². The zero-order valence-corrected chi connectivity index (χ0v) is 20.7. The first-order valence-corrected chi connectivity index (χ1v) is 12.5. The third-order valence-corrected chi connectivity index (χ3v) is 7.44. The summed E-state index contributed by atoms with van der Waals surface area (Å²) in [5.74, 6) is 0.730. The maximum Gasteiger partial charge on any atom is 0.362 e. The zero-order chi connectivity index (χ0) is 24.1. The fourth-order valence-corrected chi connectivity index (χ4v) is 5.81. The molecular formula is C28H37N2O4+. The first-order valence-electron chi connectivity index (χ1n) is 12.5. The van der Waals surface area contributed by atoms with Crippen LogP contribution in [-0.2, 0) is 20.9 Å². The number of hydrogen-bond donors (Lipinski definition) is 0. The molecule has 2 aromatic carbocycles. The molecule has 1 unspecified atom stereocenters. The first-order chi connectivity index (χ1) is 16.4. The number of esters is 1. The van der Waals surface area contributed by atoms with E-state index in [4.69, 9.17) is 9.47 Å². The average Bonchev–Trinajstić information content (AvgIpc) is 2.84. The van der Waals surface area contributed by atoms with E-state index in [-0.39, 0.29) is 31.1 Å². The molecule has 2 saturated heterocycles. The van der Waals surface area contributed by atoms with Gasteiger partial charge in [-0.1, -0.05) is 30.3 Å². The third-order valence-electron chi connectivity index (χ3n) is 7.44. The molecule has 2 fully saturated rings. The molecule has 6 nitrogen and oxygen atoms in total. The number of nitrogens with zero attached hydrogens (tertiary/aromatic N) is 2. The largest absolute Gasteiger partial charge is 0.497 e. The number of likely N-dealkylation sites (tertiary alicyclic amines) is 1. The highest BCUT2D eigenvalue weighted by molar-refractivity contribution is 5.98. The summed E-state index contributed by atoms with van der Waals surface area (Å²) in [7, 11) is 1.66. The molecule has 1 amide bonds. The summed E-state index contributed by atoms with van der Waals surface area (Å²) in [5, 5.41) is 0. The van der Waals surface area contributed by atoms with Crippen LogP contribution in [0.25, 0.3) is 0 Å². The lowest BCUT2D eigenvalue weighted by Crippen LogP contribution is -2.66. The van der Waals surface area contributed by atoms with Crippen molar-refractivity contribution >= 4 is 17.6 Å². The van der Waals surface area contributed by atoms with Gasteiger partial charge in [0.2, 0.25) is 0 Å². The lowest BCUT2D eigenvalue weighted by atomic mass is 9.94. The van der Waals surface area contributed by atoms with Crippen molar-refractivity contribution in [2.24, 2.45) is 0 Å². The van der Waals surface area contributed by atoms with E-state index >= 15 is 0 Å². The van der Waals surface area contributed by atoms with Gasteiger partial charge in [0.05, 0.1) is 20.2 Å². The Morgan fingerprint density at radius 3 is 2.35 bits per heavy atom. The number of carbonyl (C=O) groups is 2. The van der Waals surface area contributed by atoms with Crippen LogP contribution in [0.4, 0.5) is 5.69 Å². The van der Waals surface area contributed by atoms with Crippen LogP contribution in [0.5, 0.6) is 5.75 Å². The normalized spacial score (nSPS) is 20.1. The van der Waals surface area contributed by atoms with Crippen LogP contribution in [0.15, 0.2) is 42.5 Å². The lowest BCUT2D eigenvalue weighted by molar-refractivity contribution is -0.940. The van der Waals surface area contributed by atoms with Crippen LogP contribution in [0.3, 0.4) is 0 Å². The number of ether oxygens (including phenoxy) is 2. The number of quaternary nitrogens is 1. The van der Waals surface area contributed by atoms with Gasteiger partial charge in [0.1, 0.15) is 12.4 Å². The Kier molecular flexibility index (Phi) is 7.57. The Balaban J connectivity index is 1.55.